The second-order valence-corrected chi connectivity index (χ2v) is 12.1. The molecule has 0 radical (unpaired) electrons. The Balaban J connectivity index is 1.53. The molecule has 5 heterocycles. The first-order chi connectivity index (χ1) is 16.8. The second-order valence-electron chi connectivity index (χ2n) is 10.9. The van der Waals surface area contributed by atoms with Gasteiger partial charge in [0.1, 0.15) is 22.0 Å². The van der Waals surface area contributed by atoms with Gasteiger partial charge in [-0.3, -0.25) is 10.1 Å². The lowest BCUT2D eigenvalue weighted by Crippen LogP contribution is -2.58. The fourth-order valence-electron chi connectivity index (χ4n) is 5.13. The van der Waals surface area contributed by atoms with Crippen molar-refractivity contribution in [1.82, 2.24) is 19.8 Å². The largest absolute Gasteiger partial charge is 0.444 e. The van der Waals surface area contributed by atoms with Crippen LogP contribution in [0.15, 0.2) is 10.5 Å². The van der Waals surface area contributed by atoms with Crippen LogP contribution in [-0.4, -0.2) is 88.2 Å². The van der Waals surface area contributed by atoms with Crippen molar-refractivity contribution in [3.05, 3.63) is 25.8 Å². The fourth-order valence-corrected chi connectivity index (χ4v) is 5.58. The first-order valence-corrected chi connectivity index (χ1v) is 13.0. The van der Waals surface area contributed by atoms with E-state index in [0.29, 0.717) is 47.0 Å². The van der Waals surface area contributed by atoms with Crippen LogP contribution in [0.1, 0.15) is 27.2 Å². The number of fused-ring (bicyclic) bond motifs is 2. The molecule has 0 aromatic carbocycles. The topological polar surface area (TPSA) is 117 Å². The number of anilines is 2. The number of nitrogens with zero attached hydrogens (tertiary/aromatic N) is 6. The SMILES string of the molecule is CN(C)C1CN(c2nc3cc(Br)c(Cl)nc3c(NC3C4CC3N(C(=O)OC(C)(C)C)C4)c2[N+](=O)[O-])C1. The Morgan fingerprint density at radius 1 is 1.31 bits per heavy atom. The van der Waals surface area contributed by atoms with E-state index in [2.05, 4.69) is 36.1 Å². The third kappa shape index (κ3) is 4.32. The average molecular weight is 583 g/mol. The summed E-state index contributed by atoms with van der Waals surface area (Å²) in [5, 5.41) is 16.0. The molecule has 3 aliphatic heterocycles. The van der Waals surface area contributed by atoms with Crippen LogP contribution in [0, 0.1) is 16.0 Å². The second kappa shape index (κ2) is 8.84. The number of pyridine rings is 2. The molecule has 2 aromatic rings. The number of nitro groups is 1. The highest BCUT2D eigenvalue weighted by molar-refractivity contribution is 9.10. The molecule has 0 spiro atoms. The summed E-state index contributed by atoms with van der Waals surface area (Å²) in [4.78, 5) is 39.6. The Hall–Kier alpha value is -2.44. The molecule has 3 unspecified atom stereocenters. The molecule has 13 heteroatoms. The summed E-state index contributed by atoms with van der Waals surface area (Å²) >= 11 is 9.69. The molecule has 194 valence electrons. The van der Waals surface area contributed by atoms with E-state index in [0.717, 1.165) is 6.42 Å². The molecule has 1 aliphatic carbocycles. The molecule has 6 rings (SSSR count). The van der Waals surface area contributed by atoms with Crippen molar-refractivity contribution >= 4 is 61.9 Å². The summed E-state index contributed by atoms with van der Waals surface area (Å²) in [5.74, 6) is 0.460. The average Bonchev–Trinajstić information content (AvgIpc) is 3.30. The van der Waals surface area contributed by atoms with Crippen LogP contribution in [0.4, 0.5) is 22.0 Å². The predicted molar refractivity (Wildman–Crippen MR) is 141 cm³/mol. The van der Waals surface area contributed by atoms with Crippen molar-refractivity contribution in [2.45, 2.75) is 50.9 Å². The Labute approximate surface area is 222 Å². The van der Waals surface area contributed by atoms with Crippen molar-refractivity contribution in [3.63, 3.8) is 0 Å². The van der Waals surface area contributed by atoms with E-state index in [-0.39, 0.29) is 40.6 Å². The summed E-state index contributed by atoms with van der Waals surface area (Å²) in [6, 6.07) is 1.74. The molecule has 1 N–H and O–H groups in total. The molecule has 2 aromatic heterocycles. The third-order valence-corrected chi connectivity index (χ3v) is 8.26. The lowest BCUT2D eigenvalue weighted by molar-refractivity contribution is -0.383. The van der Waals surface area contributed by atoms with E-state index in [1.165, 1.54) is 0 Å². The zero-order valence-corrected chi connectivity index (χ0v) is 23.1. The molecule has 36 heavy (non-hydrogen) atoms. The van der Waals surface area contributed by atoms with Crippen LogP contribution in [0.5, 0.6) is 0 Å². The molecular formula is C23H29BrClN7O4. The van der Waals surface area contributed by atoms with E-state index in [9.17, 15) is 14.9 Å². The number of rotatable bonds is 5. The van der Waals surface area contributed by atoms with Crippen molar-refractivity contribution in [1.29, 1.82) is 0 Å². The van der Waals surface area contributed by atoms with Crippen LogP contribution in [0.2, 0.25) is 5.15 Å². The van der Waals surface area contributed by atoms with Gasteiger partial charge in [-0.2, -0.15) is 0 Å². The Kier molecular flexibility index (Phi) is 6.19. The van der Waals surface area contributed by atoms with Crippen molar-refractivity contribution in [2.24, 2.45) is 5.92 Å². The van der Waals surface area contributed by atoms with Gasteiger partial charge in [0.25, 0.3) is 0 Å². The number of halogens is 2. The van der Waals surface area contributed by atoms with Gasteiger partial charge in [0.05, 0.1) is 27.0 Å². The molecule has 1 saturated carbocycles. The van der Waals surface area contributed by atoms with Crippen molar-refractivity contribution < 1.29 is 14.5 Å². The van der Waals surface area contributed by atoms with Gasteiger partial charge >= 0.3 is 11.8 Å². The number of ether oxygens (including phenoxy) is 1. The van der Waals surface area contributed by atoms with Crippen LogP contribution < -0.4 is 10.2 Å². The minimum absolute atomic E-state index is 0.121. The summed E-state index contributed by atoms with van der Waals surface area (Å²) in [6.45, 7) is 7.30. The van der Waals surface area contributed by atoms with E-state index >= 15 is 0 Å². The van der Waals surface area contributed by atoms with Gasteiger partial charge in [-0.1, -0.05) is 11.6 Å². The number of likely N-dealkylation sites (N-methyl/N-ethyl adjacent to an activating group) is 1. The number of amides is 1. The zero-order valence-electron chi connectivity index (χ0n) is 20.8. The maximum atomic E-state index is 12.8. The number of carbonyl (C=O) groups is 1. The Morgan fingerprint density at radius 2 is 2.00 bits per heavy atom. The molecule has 3 atom stereocenters. The number of aromatic nitrogens is 2. The zero-order chi connectivity index (χ0) is 26.1. The van der Waals surface area contributed by atoms with E-state index < -0.39 is 10.5 Å². The van der Waals surface area contributed by atoms with E-state index in [4.69, 9.17) is 16.3 Å². The predicted octanol–water partition coefficient (Wildman–Crippen LogP) is 4.12. The Bertz CT molecular complexity index is 1250. The van der Waals surface area contributed by atoms with E-state index in [1.54, 1.807) is 11.0 Å². The number of nitrogens with one attached hydrogen (secondary N) is 1. The normalized spacial score (nSPS) is 23.6. The van der Waals surface area contributed by atoms with Gasteiger partial charge in [0, 0.05) is 31.6 Å². The summed E-state index contributed by atoms with van der Waals surface area (Å²) in [6.07, 6.45) is 0.450. The number of hydrogen-bond acceptors (Lipinski definition) is 9. The van der Waals surface area contributed by atoms with Gasteiger partial charge in [-0.05, 0) is 63.3 Å². The lowest BCUT2D eigenvalue weighted by atomic mass is 9.80. The molecule has 1 amide bonds. The lowest BCUT2D eigenvalue weighted by Gasteiger charge is -2.43. The Morgan fingerprint density at radius 3 is 2.61 bits per heavy atom. The quantitative estimate of drug-likeness (QED) is 0.316. The monoisotopic (exact) mass is 581 g/mol. The first kappa shape index (κ1) is 25.2. The summed E-state index contributed by atoms with van der Waals surface area (Å²) in [7, 11) is 3.98. The van der Waals surface area contributed by atoms with Crippen molar-refractivity contribution in [3.8, 4) is 0 Å². The minimum Gasteiger partial charge on any atom is -0.444 e. The number of hydrogen-bond donors (Lipinski definition) is 1. The molecule has 4 aliphatic rings. The maximum absolute atomic E-state index is 12.8. The highest BCUT2D eigenvalue weighted by Crippen LogP contribution is 2.47. The van der Waals surface area contributed by atoms with Crippen LogP contribution in [0.25, 0.3) is 11.0 Å². The van der Waals surface area contributed by atoms with Crippen LogP contribution in [-0.2, 0) is 4.74 Å². The van der Waals surface area contributed by atoms with Gasteiger partial charge in [0.15, 0.2) is 0 Å². The molecule has 3 saturated heterocycles. The highest BCUT2D eigenvalue weighted by Gasteiger charge is 2.55. The smallest absolute Gasteiger partial charge is 0.410 e. The maximum Gasteiger partial charge on any atom is 0.410 e. The summed E-state index contributed by atoms with van der Waals surface area (Å²) in [5.41, 5.74) is 0.392. The first-order valence-electron chi connectivity index (χ1n) is 11.9. The van der Waals surface area contributed by atoms with Gasteiger partial charge in [-0.15, -0.1) is 0 Å². The van der Waals surface area contributed by atoms with Crippen LogP contribution >= 0.6 is 27.5 Å². The molecular weight excluding hydrogens is 554 g/mol. The fraction of sp³-hybridized carbons (Fsp3) is 0.609. The highest BCUT2D eigenvalue weighted by atomic mass is 79.9. The standard InChI is InChI=1S/C23H29BrClN7O4/c1-23(2,3)36-22(33)31-8-11-6-15(31)16(11)27-18-17-14(7-13(24)20(25)28-17)26-21(19(18)32(34)35)30-9-12(10-30)29(4)5/h7,11-12,15-16H,6,8-10H2,1-5H3,(H,26,27). The van der Waals surface area contributed by atoms with Gasteiger partial charge in [-0.25, -0.2) is 14.8 Å². The third-order valence-electron chi connectivity index (χ3n) is 7.14. The summed E-state index contributed by atoms with van der Waals surface area (Å²) < 4.78 is 6.14. The van der Waals surface area contributed by atoms with Gasteiger partial charge < -0.3 is 24.8 Å². The van der Waals surface area contributed by atoms with Gasteiger partial charge in [0.2, 0.25) is 5.82 Å². The minimum atomic E-state index is -0.600. The number of carbonyl (C=O) groups excluding carboxylic acids is 1. The molecule has 2 bridgehead atoms. The molecule has 4 fully saturated rings. The molecule has 11 nitrogen and oxygen atoms in total. The van der Waals surface area contributed by atoms with Crippen LogP contribution in [0.3, 0.4) is 0 Å². The van der Waals surface area contributed by atoms with E-state index in [1.807, 2.05) is 39.8 Å². The van der Waals surface area contributed by atoms with Crippen molar-refractivity contribution in [2.75, 3.05) is 43.9 Å².